The Balaban J connectivity index is 2.10. The van der Waals surface area contributed by atoms with E-state index in [1.807, 2.05) is 12.1 Å². The number of hydrogen-bond acceptors (Lipinski definition) is 4. The van der Waals surface area contributed by atoms with E-state index in [9.17, 15) is 5.11 Å². The fourth-order valence-corrected chi connectivity index (χ4v) is 2.85. The van der Waals surface area contributed by atoms with Crippen LogP contribution in [-0.4, -0.2) is 10.1 Å². The fraction of sp³-hybridized carbons (Fsp3) is 0.400. The maximum atomic E-state index is 9.23. The van der Waals surface area contributed by atoms with Gasteiger partial charge >= 0.3 is 0 Å². The molecule has 0 saturated carbocycles. The molecule has 1 aromatic carbocycles. The third-order valence-electron chi connectivity index (χ3n) is 3.20. The zero-order valence-corrected chi connectivity index (χ0v) is 12.4. The molecule has 1 aromatic heterocycles. The maximum absolute atomic E-state index is 9.23. The molecule has 0 bridgehead atoms. The Morgan fingerprint density at radius 2 is 2.11 bits per heavy atom. The Morgan fingerprint density at radius 3 is 2.74 bits per heavy atom. The summed E-state index contributed by atoms with van der Waals surface area (Å²) < 4.78 is 5.83. The highest BCUT2D eigenvalue weighted by atomic mass is 32.1. The molecule has 1 N–H and O–H groups in total. The highest BCUT2D eigenvalue weighted by Crippen LogP contribution is 2.24. The number of nitrogens with zero attached hydrogens (tertiary/aromatic N) is 1. The van der Waals surface area contributed by atoms with Gasteiger partial charge in [0.05, 0.1) is 12.3 Å². The lowest BCUT2D eigenvalue weighted by Crippen LogP contribution is -1.98. The smallest absolute Gasteiger partial charge is 0.140 e. The van der Waals surface area contributed by atoms with E-state index in [2.05, 4.69) is 31.8 Å². The normalized spacial score (nSPS) is 10.7. The zero-order valence-electron chi connectivity index (χ0n) is 11.6. The van der Waals surface area contributed by atoms with Crippen molar-refractivity contribution in [3.63, 3.8) is 0 Å². The Morgan fingerprint density at radius 1 is 1.32 bits per heavy atom. The number of aliphatic hydroxyl groups is 1. The lowest BCUT2D eigenvalue weighted by atomic mass is 10.1. The predicted molar refractivity (Wildman–Crippen MR) is 77.7 cm³/mol. The second kappa shape index (κ2) is 6.17. The number of hydrogen-bond donors (Lipinski definition) is 1. The van der Waals surface area contributed by atoms with Crippen molar-refractivity contribution in [2.45, 2.75) is 40.4 Å². The first-order valence-electron chi connectivity index (χ1n) is 6.43. The molecule has 0 atom stereocenters. The number of aromatic nitrogens is 1. The van der Waals surface area contributed by atoms with Gasteiger partial charge in [0.1, 0.15) is 17.4 Å². The summed E-state index contributed by atoms with van der Waals surface area (Å²) in [5, 5.41) is 10.2. The molecule has 102 valence electrons. The summed E-state index contributed by atoms with van der Waals surface area (Å²) in [4.78, 5) is 5.55. The SMILES string of the molecule is CCc1sc(COc2cccc(C)c2C)nc1CO. The Bertz CT molecular complexity index is 542. The van der Waals surface area contributed by atoms with Gasteiger partial charge in [0, 0.05) is 4.88 Å². The minimum absolute atomic E-state index is 0.00312. The number of aliphatic hydroxyl groups excluding tert-OH is 1. The van der Waals surface area contributed by atoms with Gasteiger partial charge in [0.2, 0.25) is 0 Å². The second-order valence-corrected chi connectivity index (χ2v) is 5.64. The van der Waals surface area contributed by atoms with Crippen molar-refractivity contribution in [2.75, 3.05) is 0 Å². The van der Waals surface area contributed by atoms with Gasteiger partial charge in [-0.3, -0.25) is 0 Å². The molecule has 19 heavy (non-hydrogen) atoms. The average molecular weight is 277 g/mol. The van der Waals surface area contributed by atoms with Crippen LogP contribution in [0.15, 0.2) is 18.2 Å². The minimum atomic E-state index is 0.00312. The van der Waals surface area contributed by atoms with Crippen molar-refractivity contribution in [1.82, 2.24) is 4.98 Å². The Labute approximate surface area is 117 Å². The number of ether oxygens (including phenoxy) is 1. The van der Waals surface area contributed by atoms with Crippen LogP contribution in [0.2, 0.25) is 0 Å². The highest BCUT2D eigenvalue weighted by Gasteiger charge is 2.10. The Kier molecular flexibility index (Phi) is 4.56. The molecule has 0 aliphatic rings. The van der Waals surface area contributed by atoms with Gasteiger partial charge in [0.25, 0.3) is 0 Å². The summed E-state index contributed by atoms with van der Waals surface area (Å²) in [6, 6.07) is 6.05. The van der Waals surface area contributed by atoms with Crippen LogP contribution >= 0.6 is 11.3 Å². The lowest BCUT2D eigenvalue weighted by molar-refractivity contribution is 0.273. The van der Waals surface area contributed by atoms with Gasteiger partial charge in [-0.15, -0.1) is 11.3 Å². The van der Waals surface area contributed by atoms with Crippen molar-refractivity contribution in [1.29, 1.82) is 0 Å². The summed E-state index contributed by atoms with van der Waals surface area (Å²) in [5.74, 6) is 0.902. The van der Waals surface area contributed by atoms with E-state index >= 15 is 0 Å². The van der Waals surface area contributed by atoms with Crippen LogP contribution in [0.3, 0.4) is 0 Å². The first kappa shape index (κ1) is 14.0. The number of thiazole rings is 1. The van der Waals surface area contributed by atoms with Gasteiger partial charge in [-0.05, 0) is 37.5 Å². The molecular formula is C15H19NO2S. The molecule has 0 saturated heterocycles. The lowest BCUT2D eigenvalue weighted by Gasteiger charge is -2.09. The fourth-order valence-electron chi connectivity index (χ4n) is 1.92. The molecule has 0 aliphatic heterocycles. The van der Waals surface area contributed by atoms with E-state index in [4.69, 9.17) is 4.74 Å². The van der Waals surface area contributed by atoms with Gasteiger partial charge in [-0.1, -0.05) is 19.1 Å². The minimum Gasteiger partial charge on any atom is -0.486 e. The molecular weight excluding hydrogens is 258 g/mol. The maximum Gasteiger partial charge on any atom is 0.140 e. The molecule has 0 fully saturated rings. The molecule has 0 unspecified atom stereocenters. The van der Waals surface area contributed by atoms with E-state index in [1.165, 1.54) is 5.56 Å². The third kappa shape index (κ3) is 3.14. The standard InChI is InChI=1S/C15H19NO2S/c1-4-14-12(8-17)16-15(19-14)9-18-13-7-5-6-10(2)11(13)3/h5-7,17H,4,8-9H2,1-3H3. The van der Waals surface area contributed by atoms with E-state index in [1.54, 1.807) is 11.3 Å². The van der Waals surface area contributed by atoms with E-state index in [-0.39, 0.29) is 6.61 Å². The number of benzene rings is 1. The van der Waals surface area contributed by atoms with Crippen molar-refractivity contribution >= 4 is 11.3 Å². The summed E-state index contributed by atoms with van der Waals surface area (Å²) in [7, 11) is 0. The molecule has 0 aliphatic carbocycles. The molecule has 2 aromatic rings. The largest absolute Gasteiger partial charge is 0.486 e. The molecule has 3 nitrogen and oxygen atoms in total. The summed E-state index contributed by atoms with van der Waals surface area (Å²) >= 11 is 1.62. The monoisotopic (exact) mass is 277 g/mol. The van der Waals surface area contributed by atoms with Gasteiger partial charge < -0.3 is 9.84 Å². The summed E-state index contributed by atoms with van der Waals surface area (Å²) in [6.45, 7) is 6.67. The van der Waals surface area contributed by atoms with Crippen molar-refractivity contribution < 1.29 is 9.84 Å². The van der Waals surface area contributed by atoms with Crippen LogP contribution in [0, 0.1) is 13.8 Å². The first-order valence-corrected chi connectivity index (χ1v) is 7.24. The molecule has 2 rings (SSSR count). The topological polar surface area (TPSA) is 42.4 Å². The number of aryl methyl sites for hydroxylation is 2. The second-order valence-electron chi connectivity index (χ2n) is 4.48. The zero-order chi connectivity index (χ0) is 13.8. The van der Waals surface area contributed by atoms with Crippen molar-refractivity contribution in [2.24, 2.45) is 0 Å². The summed E-state index contributed by atoms with van der Waals surface area (Å²) in [5.41, 5.74) is 3.17. The van der Waals surface area contributed by atoms with Gasteiger partial charge in [-0.25, -0.2) is 4.98 Å². The van der Waals surface area contributed by atoms with Crippen molar-refractivity contribution in [3.8, 4) is 5.75 Å². The van der Waals surface area contributed by atoms with E-state index in [0.717, 1.165) is 33.3 Å². The van der Waals surface area contributed by atoms with Crippen LogP contribution in [-0.2, 0) is 19.6 Å². The van der Waals surface area contributed by atoms with Gasteiger partial charge in [0.15, 0.2) is 0 Å². The predicted octanol–water partition coefficient (Wildman–Crippen LogP) is 3.39. The quantitative estimate of drug-likeness (QED) is 0.911. The first-order chi connectivity index (χ1) is 9.15. The molecule has 0 spiro atoms. The average Bonchev–Trinajstić information content (AvgIpc) is 2.83. The summed E-state index contributed by atoms with van der Waals surface area (Å²) in [6.07, 6.45) is 0.900. The number of rotatable bonds is 5. The molecule has 1 heterocycles. The van der Waals surface area contributed by atoms with Crippen LogP contribution in [0.1, 0.15) is 33.6 Å². The van der Waals surface area contributed by atoms with Crippen LogP contribution in [0.25, 0.3) is 0 Å². The molecule has 0 radical (unpaired) electrons. The van der Waals surface area contributed by atoms with Crippen molar-refractivity contribution in [3.05, 3.63) is 44.9 Å². The van der Waals surface area contributed by atoms with Crippen LogP contribution in [0.5, 0.6) is 5.75 Å². The van der Waals surface area contributed by atoms with Crippen LogP contribution < -0.4 is 4.74 Å². The van der Waals surface area contributed by atoms with E-state index < -0.39 is 0 Å². The highest BCUT2D eigenvalue weighted by molar-refractivity contribution is 7.11. The Hall–Kier alpha value is -1.39. The third-order valence-corrected chi connectivity index (χ3v) is 4.41. The molecule has 4 heteroatoms. The van der Waals surface area contributed by atoms with E-state index in [0.29, 0.717) is 6.61 Å². The molecule has 0 amide bonds. The van der Waals surface area contributed by atoms with Gasteiger partial charge in [-0.2, -0.15) is 0 Å². The van der Waals surface area contributed by atoms with Crippen LogP contribution in [0.4, 0.5) is 0 Å².